The van der Waals surface area contributed by atoms with Gasteiger partial charge < -0.3 is 19.1 Å². The molecule has 0 fully saturated rings. The molecule has 0 bridgehead atoms. The van der Waals surface area contributed by atoms with Crippen LogP contribution in [0.25, 0.3) is 0 Å². The molecule has 0 amide bonds. The predicted molar refractivity (Wildman–Crippen MR) is 126 cm³/mol. The SMILES string of the molecule is CCCCCCCCCCCCCCC(C)CCC(=O)OC(CC(=O)[O-])C[N+](C)(C)C. The van der Waals surface area contributed by atoms with Crippen LogP contribution < -0.4 is 5.11 Å². The van der Waals surface area contributed by atoms with Gasteiger partial charge in [-0.25, -0.2) is 0 Å². The van der Waals surface area contributed by atoms with Crippen molar-refractivity contribution in [2.75, 3.05) is 27.7 Å². The predicted octanol–water partition coefficient (Wildman–Crippen LogP) is 5.25. The molecule has 5 heteroatoms. The minimum atomic E-state index is -1.17. The van der Waals surface area contributed by atoms with E-state index in [-0.39, 0.29) is 12.4 Å². The van der Waals surface area contributed by atoms with Crippen LogP contribution in [0, 0.1) is 5.92 Å². The zero-order chi connectivity index (χ0) is 23.5. The van der Waals surface area contributed by atoms with Crippen molar-refractivity contribution in [3.63, 3.8) is 0 Å². The summed E-state index contributed by atoms with van der Waals surface area (Å²) in [5, 5.41) is 10.9. The third-order valence-electron chi connectivity index (χ3n) is 5.84. The lowest BCUT2D eigenvalue weighted by molar-refractivity contribution is -0.873. The number of carboxylic acids is 1. The summed E-state index contributed by atoms with van der Waals surface area (Å²) in [5.41, 5.74) is 0. The fourth-order valence-electron chi connectivity index (χ4n) is 4.03. The second-order valence-electron chi connectivity index (χ2n) is 10.5. The first-order valence-electron chi connectivity index (χ1n) is 12.8. The van der Waals surface area contributed by atoms with E-state index < -0.39 is 12.1 Å². The van der Waals surface area contributed by atoms with Crippen molar-refractivity contribution in [2.24, 2.45) is 5.92 Å². The van der Waals surface area contributed by atoms with Gasteiger partial charge in [0.05, 0.1) is 21.1 Å². The number of carbonyl (C=O) groups excluding carboxylic acids is 2. The zero-order valence-corrected chi connectivity index (χ0v) is 21.3. The summed E-state index contributed by atoms with van der Waals surface area (Å²) in [6.07, 6.45) is 17.7. The summed E-state index contributed by atoms with van der Waals surface area (Å²) in [7, 11) is 5.85. The molecule has 0 heterocycles. The molecule has 0 aromatic carbocycles. The number of esters is 1. The smallest absolute Gasteiger partial charge is 0.306 e. The first kappa shape index (κ1) is 29.9. The minimum absolute atomic E-state index is 0.240. The van der Waals surface area contributed by atoms with Crippen molar-refractivity contribution in [2.45, 2.75) is 123 Å². The van der Waals surface area contributed by atoms with E-state index in [4.69, 9.17) is 4.74 Å². The summed E-state index contributed by atoms with van der Waals surface area (Å²) >= 11 is 0. The molecule has 2 atom stereocenters. The second-order valence-corrected chi connectivity index (χ2v) is 10.5. The van der Waals surface area contributed by atoms with Crippen LogP contribution in [0.1, 0.15) is 117 Å². The van der Waals surface area contributed by atoms with E-state index in [0.717, 1.165) is 12.8 Å². The van der Waals surface area contributed by atoms with E-state index in [1.807, 2.05) is 21.1 Å². The second kappa shape index (κ2) is 18.5. The number of hydrogen-bond donors (Lipinski definition) is 0. The topological polar surface area (TPSA) is 66.4 Å². The molecule has 0 spiro atoms. The van der Waals surface area contributed by atoms with Gasteiger partial charge >= 0.3 is 5.97 Å². The Balaban J connectivity index is 3.74. The van der Waals surface area contributed by atoms with Gasteiger partial charge in [0.1, 0.15) is 6.54 Å². The van der Waals surface area contributed by atoms with E-state index in [0.29, 0.717) is 23.4 Å². The van der Waals surface area contributed by atoms with Crippen LogP contribution in [0.2, 0.25) is 0 Å². The minimum Gasteiger partial charge on any atom is -0.550 e. The van der Waals surface area contributed by atoms with Gasteiger partial charge in [-0.1, -0.05) is 97.3 Å². The van der Waals surface area contributed by atoms with Gasteiger partial charge in [-0.05, 0) is 12.3 Å². The van der Waals surface area contributed by atoms with Gasteiger partial charge in [0.2, 0.25) is 0 Å². The maximum atomic E-state index is 12.2. The molecule has 0 aliphatic heterocycles. The van der Waals surface area contributed by atoms with Crippen LogP contribution in [0.3, 0.4) is 0 Å². The quantitative estimate of drug-likeness (QED) is 0.139. The first-order chi connectivity index (χ1) is 14.6. The molecule has 0 aromatic heterocycles. The van der Waals surface area contributed by atoms with Gasteiger partial charge in [-0.2, -0.15) is 0 Å². The molecule has 0 radical (unpaired) electrons. The van der Waals surface area contributed by atoms with Crippen molar-refractivity contribution in [1.82, 2.24) is 0 Å². The summed E-state index contributed by atoms with van der Waals surface area (Å²) in [4.78, 5) is 23.1. The molecular formula is C26H51NO4. The van der Waals surface area contributed by atoms with Crippen molar-refractivity contribution in [1.29, 1.82) is 0 Å². The molecule has 2 unspecified atom stereocenters. The summed E-state index contributed by atoms with van der Waals surface area (Å²) in [5.74, 6) is -0.971. The van der Waals surface area contributed by atoms with E-state index in [1.54, 1.807) is 0 Å². The van der Waals surface area contributed by atoms with Crippen LogP contribution in [-0.4, -0.2) is 50.2 Å². The van der Waals surface area contributed by atoms with Crippen LogP contribution in [0.15, 0.2) is 0 Å². The van der Waals surface area contributed by atoms with Crippen molar-refractivity contribution in [3.8, 4) is 0 Å². The summed E-state index contributed by atoms with van der Waals surface area (Å²) in [6, 6.07) is 0. The molecule has 0 aliphatic rings. The largest absolute Gasteiger partial charge is 0.550 e. The molecule has 0 aromatic rings. The fourth-order valence-corrected chi connectivity index (χ4v) is 4.03. The number of rotatable bonds is 21. The molecule has 5 nitrogen and oxygen atoms in total. The first-order valence-corrected chi connectivity index (χ1v) is 12.8. The summed E-state index contributed by atoms with van der Waals surface area (Å²) < 4.78 is 5.97. The Bertz CT molecular complexity index is 459. The van der Waals surface area contributed by atoms with Crippen LogP contribution >= 0.6 is 0 Å². The Morgan fingerprint density at radius 3 is 1.74 bits per heavy atom. The van der Waals surface area contributed by atoms with Gasteiger partial charge in [0, 0.05) is 18.8 Å². The average Bonchev–Trinajstić information content (AvgIpc) is 2.65. The highest BCUT2D eigenvalue weighted by molar-refractivity contribution is 5.70. The lowest BCUT2D eigenvalue weighted by atomic mass is 9.97. The number of carboxylic acid groups (broad SMARTS) is 1. The molecule has 0 N–H and O–H groups in total. The van der Waals surface area contributed by atoms with E-state index in [9.17, 15) is 14.7 Å². The highest BCUT2D eigenvalue weighted by Gasteiger charge is 2.22. The number of quaternary nitrogens is 1. The normalized spacial score (nSPS) is 13.7. The standard InChI is InChI=1S/C26H51NO4/c1-6-7-8-9-10-11-12-13-14-15-16-17-18-23(2)19-20-26(30)31-24(21-25(28)29)22-27(3,4)5/h23-24H,6-22H2,1-5H3. The fraction of sp³-hybridized carbons (Fsp3) is 0.923. The monoisotopic (exact) mass is 441 g/mol. The Hall–Kier alpha value is -1.10. The molecule has 0 aliphatic carbocycles. The number of carbonyl (C=O) groups is 2. The Morgan fingerprint density at radius 2 is 1.29 bits per heavy atom. The molecule has 0 saturated heterocycles. The number of unbranched alkanes of at least 4 members (excludes halogenated alkanes) is 11. The average molecular weight is 442 g/mol. The highest BCUT2D eigenvalue weighted by Crippen LogP contribution is 2.18. The molecular weight excluding hydrogens is 390 g/mol. The van der Waals surface area contributed by atoms with Crippen molar-refractivity contribution < 1.29 is 23.9 Å². The van der Waals surface area contributed by atoms with E-state index in [2.05, 4.69) is 13.8 Å². The Labute approximate surface area is 192 Å². The molecule has 0 saturated carbocycles. The lowest BCUT2D eigenvalue weighted by Gasteiger charge is -2.29. The lowest BCUT2D eigenvalue weighted by Crippen LogP contribution is -2.45. The number of ether oxygens (including phenoxy) is 1. The number of likely N-dealkylation sites (N-methyl/N-ethyl adjacent to an activating group) is 1. The van der Waals surface area contributed by atoms with E-state index >= 15 is 0 Å². The van der Waals surface area contributed by atoms with Crippen LogP contribution in [0.4, 0.5) is 0 Å². The highest BCUT2D eigenvalue weighted by atomic mass is 16.5. The number of aliphatic carboxylic acids is 1. The number of hydrogen-bond acceptors (Lipinski definition) is 4. The zero-order valence-electron chi connectivity index (χ0n) is 21.3. The van der Waals surface area contributed by atoms with Crippen molar-refractivity contribution in [3.05, 3.63) is 0 Å². The van der Waals surface area contributed by atoms with Crippen LogP contribution in [-0.2, 0) is 14.3 Å². The van der Waals surface area contributed by atoms with Gasteiger partial charge in [0.25, 0.3) is 0 Å². The Morgan fingerprint density at radius 1 is 0.806 bits per heavy atom. The third kappa shape index (κ3) is 21.9. The van der Waals surface area contributed by atoms with E-state index in [1.165, 1.54) is 77.0 Å². The summed E-state index contributed by atoms with van der Waals surface area (Å²) in [6.45, 7) is 4.92. The molecule has 31 heavy (non-hydrogen) atoms. The van der Waals surface area contributed by atoms with Gasteiger partial charge in [0.15, 0.2) is 6.10 Å². The maximum absolute atomic E-state index is 12.2. The number of nitrogens with zero attached hydrogens (tertiary/aromatic N) is 1. The molecule has 0 rings (SSSR count). The molecule has 184 valence electrons. The van der Waals surface area contributed by atoms with Gasteiger partial charge in [-0.3, -0.25) is 4.79 Å². The van der Waals surface area contributed by atoms with Crippen molar-refractivity contribution >= 4 is 11.9 Å². The maximum Gasteiger partial charge on any atom is 0.306 e. The third-order valence-corrected chi connectivity index (χ3v) is 5.84. The van der Waals surface area contributed by atoms with Crippen LogP contribution in [0.5, 0.6) is 0 Å². The van der Waals surface area contributed by atoms with Gasteiger partial charge in [-0.15, -0.1) is 0 Å². The Kier molecular flexibility index (Phi) is 17.8.